The number of anilines is 2. The number of allylic oxidation sites excluding steroid dienone is 1. The number of nitrogens with one attached hydrogen (secondary N) is 2. The predicted octanol–water partition coefficient (Wildman–Crippen LogP) is 5.41. The van der Waals surface area contributed by atoms with Crippen molar-refractivity contribution >= 4 is 29.0 Å². The molecular weight excluding hydrogens is 490 g/mol. The number of ketones is 1. The molecule has 1 heterocycles. The Morgan fingerprint density at radius 2 is 1.67 bits per heavy atom. The molecule has 7 nitrogen and oxygen atoms in total. The summed E-state index contributed by atoms with van der Waals surface area (Å²) >= 11 is 0. The van der Waals surface area contributed by atoms with Gasteiger partial charge in [-0.2, -0.15) is 0 Å². The van der Waals surface area contributed by atoms with E-state index in [1.807, 2.05) is 71.6 Å². The van der Waals surface area contributed by atoms with Crippen LogP contribution in [0, 0.1) is 5.41 Å². The second-order valence-corrected chi connectivity index (χ2v) is 10.9. The molecule has 1 atom stereocenters. The van der Waals surface area contributed by atoms with Gasteiger partial charge in [0.05, 0.1) is 36.6 Å². The van der Waals surface area contributed by atoms with Crippen LogP contribution in [0.4, 0.5) is 11.4 Å². The van der Waals surface area contributed by atoms with Crippen molar-refractivity contribution in [2.45, 2.75) is 39.3 Å². The van der Waals surface area contributed by atoms with Crippen molar-refractivity contribution in [3.05, 3.63) is 107 Å². The molecule has 0 aromatic heterocycles. The van der Waals surface area contributed by atoms with Crippen LogP contribution in [0.1, 0.15) is 54.2 Å². The quantitative estimate of drug-likeness (QED) is 0.421. The number of ether oxygens (including phenoxy) is 1. The third kappa shape index (κ3) is 5.58. The van der Waals surface area contributed by atoms with Crippen LogP contribution in [0.15, 0.2) is 90.1 Å². The van der Waals surface area contributed by atoms with Crippen LogP contribution in [-0.2, 0) is 20.9 Å². The Balaban J connectivity index is 1.58. The standard InChI is InChI=1S/C32H33N3O4/c1-32(2)17-25-29(27(36)18-32)30(22-13-15-23(16-14-22)31(38)39-3)35(26-12-8-7-11-24(26)34-25)20-28(37)33-19-21-9-5-4-6-10-21/h4-16,30,34H,17-20H2,1-3H3,(H,33,37). The number of esters is 1. The van der Waals surface area contributed by atoms with Crippen molar-refractivity contribution < 1.29 is 19.1 Å². The van der Waals surface area contributed by atoms with Gasteiger partial charge in [0.25, 0.3) is 0 Å². The number of carbonyl (C=O) groups is 3. The van der Waals surface area contributed by atoms with Gasteiger partial charge in [-0.3, -0.25) is 9.59 Å². The van der Waals surface area contributed by atoms with Gasteiger partial charge < -0.3 is 20.3 Å². The van der Waals surface area contributed by atoms with E-state index in [0.717, 1.165) is 28.2 Å². The van der Waals surface area contributed by atoms with Crippen molar-refractivity contribution in [3.63, 3.8) is 0 Å². The minimum Gasteiger partial charge on any atom is -0.465 e. The minimum absolute atomic E-state index is 0.0440. The summed E-state index contributed by atoms with van der Waals surface area (Å²) in [6.45, 7) is 4.65. The fourth-order valence-corrected chi connectivity index (χ4v) is 5.50. The fraction of sp³-hybridized carbons (Fsp3) is 0.281. The number of amides is 1. The number of hydrogen-bond donors (Lipinski definition) is 2. The maximum absolute atomic E-state index is 13.8. The van der Waals surface area contributed by atoms with Crippen LogP contribution in [0.3, 0.4) is 0 Å². The molecule has 0 saturated heterocycles. The van der Waals surface area contributed by atoms with E-state index >= 15 is 0 Å². The largest absolute Gasteiger partial charge is 0.465 e. The van der Waals surface area contributed by atoms with Gasteiger partial charge in [0.2, 0.25) is 5.91 Å². The Hall–Kier alpha value is -4.39. The van der Waals surface area contributed by atoms with E-state index in [0.29, 0.717) is 30.5 Å². The first kappa shape index (κ1) is 26.2. The number of hydrogen-bond acceptors (Lipinski definition) is 6. The van der Waals surface area contributed by atoms with Crippen molar-refractivity contribution in [1.29, 1.82) is 0 Å². The molecule has 3 aromatic carbocycles. The molecule has 3 aromatic rings. The number of para-hydroxylation sites is 2. The second kappa shape index (κ2) is 10.8. The molecule has 1 unspecified atom stereocenters. The molecule has 0 radical (unpaired) electrons. The molecule has 5 rings (SSSR count). The monoisotopic (exact) mass is 523 g/mol. The van der Waals surface area contributed by atoms with Gasteiger partial charge in [-0.25, -0.2) is 4.79 Å². The smallest absolute Gasteiger partial charge is 0.337 e. The number of carbonyl (C=O) groups excluding carboxylic acids is 3. The average Bonchev–Trinajstić information content (AvgIpc) is 3.06. The molecule has 39 heavy (non-hydrogen) atoms. The van der Waals surface area contributed by atoms with E-state index in [-0.39, 0.29) is 23.7 Å². The number of Topliss-reactive ketones (excluding diaryl/α,β-unsaturated/α-hetero) is 1. The summed E-state index contributed by atoms with van der Waals surface area (Å²) in [7, 11) is 1.35. The van der Waals surface area contributed by atoms with Gasteiger partial charge in [0.1, 0.15) is 0 Å². The van der Waals surface area contributed by atoms with Gasteiger partial charge in [-0.05, 0) is 47.2 Å². The number of benzene rings is 3. The first-order valence-electron chi connectivity index (χ1n) is 13.1. The molecule has 0 saturated carbocycles. The van der Waals surface area contributed by atoms with Gasteiger partial charge in [-0.15, -0.1) is 0 Å². The van der Waals surface area contributed by atoms with Crippen molar-refractivity contribution in [3.8, 4) is 0 Å². The number of nitrogens with zero attached hydrogens (tertiary/aromatic N) is 1. The Bertz CT molecular complexity index is 1430. The molecule has 0 fully saturated rings. The average molecular weight is 524 g/mol. The van der Waals surface area contributed by atoms with E-state index in [4.69, 9.17) is 4.74 Å². The van der Waals surface area contributed by atoms with Crippen molar-refractivity contribution in [2.24, 2.45) is 5.41 Å². The van der Waals surface area contributed by atoms with E-state index in [9.17, 15) is 14.4 Å². The summed E-state index contributed by atoms with van der Waals surface area (Å²) in [5.74, 6) is -0.530. The van der Waals surface area contributed by atoms with E-state index in [1.54, 1.807) is 12.1 Å². The highest BCUT2D eigenvalue weighted by molar-refractivity contribution is 6.02. The van der Waals surface area contributed by atoms with Gasteiger partial charge >= 0.3 is 5.97 Å². The molecule has 2 aliphatic rings. The van der Waals surface area contributed by atoms with E-state index in [2.05, 4.69) is 24.5 Å². The zero-order valence-corrected chi connectivity index (χ0v) is 22.5. The van der Waals surface area contributed by atoms with Crippen LogP contribution in [0.5, 0.6) is 0 Å². The van der Waals surface area contributed by atoms with Crippen LogP contribution in [0.25, 0.3) is 0 Å². The molecule has 1 aliphatic heterocycles. The fourth-order valence-electron chi connectivity index (χ4n) is 5.50. The highest BCUT2D eigenvalue weighted by atomic mass is 16.5. The topological polar surface area (TPSA) is 87.7 Å². The lowest BCUT2D eigenvalue weighted by molar-refractivity contribution is -0.120. The Morgan fingerprint density at radius 3 is 2.38 bits per heavy atom. The van der Waals surface area contributed by atoms with E-state index < -0.39 is 12.0 Å². The Labute approximate surface area is 228 Å². The maximum Gasteiger partial charge on any atom is 0.337 e. The summed E-state index contributed by atoms with van der Waals surface area (Å²) in [6.07, 6.45) is 1.11. The highest BCUT2D eigenvalue weighted by Crippen LogP contribution is 2.48. The molecule has 0 spiro atoms. The summed E-state index contributed by atoms with van der Waals surface area (Å²) in [5, 5.41) is 6.59. The third-order valence-electron chi connectivity index (χ3n) is 7.30. The van der Waals surface area contributed by atoms with Crippen LogP contribution in [-0.4, -0.2) is 31.3 Å². The summed E-state index contributed by atoms with van der Waals surface area (Å²) < 4.78 is 4.88. The first-order valence-corrected chi connectivity index (χ1v) is 13.1. The highest BCUT2D eigenvalue weighted by Gasteiger charge is 2.41. The Morgan fingerprint density at radius 1 is 0.974 bits per heavy atom. The van der Waals surface area contributed by atoms with E-state index in [1.165, 1.54) is 7.11 Å². The minimum atomic E-state index is -0.520. The number of fused-ring (bicyclic) bond motifs is 1. The van der Waals surface area contributed by atoms with Gasteiger partial charge in [0, 0.05) is 24.2 Å². The van der Waals surface area contributed by atoms with Gasteiger partial charge in [0.15, 0.2) is 5.78 Å². The SMILES string of the molecule is COC(=O)c1ccc(C2C3=C(CC(C)(C)CC3=O)Nc3ccccc3N2CC(=O)NCc2ccccc2)cc1. The lowest BCUT2D eigenvalue weighted by atomic mass is 9.73. The van der Waals surface area contributed by atoms with Gasteiger partial charge in [-0.1, -0.05) is 68.4 Å². The number of rotatable bonds is 6. The lowest BCUT2D eigenvalue weighted by Gasteiger charge is -2.38. The zero-order chi connectivity index (χ0) is 27.6. The normalized spacial score (nSPS) is 17.9. The summed E-state index contributed by atoms with van der Waals surface area (Å²) in [4.78, 5) is 41.3. The second-order valence-electron chi connectivity index (χ2n) is 10.9. The molecule has 0 bridgehead atoms. The molecule has 1 aliphatic carbocycles. The molecule has 7 heteroatoms. The molecular formula is C32H33N3O4. The molecule has 200 valence electrons. The summed E-state index contributed by atoms with van der Waals surface area (Å²) in [5.41, 5.74) is 5.26. The maximum atomic E-state index is 13.8. The summed E-state index contributed by atoms with van der Waals surface area (Å²) in [6, 6.07) is 24.2. The van der Waals surface area contributed by atoms with Crippen LogP contribution in [0.2, 0.25) is 0 Å². The molecule has 2 N–H and O–H groups in total. The van der Waals surface area contributed by atoms with Crippen LogP contribution < -0.4 is 15.5 Å². The Kier molecular flexibility index (Phi) is 7.24. The first-order chi connectivity index (χ1) is 18.8. The molecule has 1 amide bonds. The lowest BCUT2D eigenvalue weighted by Crippen LogP contribution is -2.41. The van der Waals surface area contributed by atoms with Crippen molar-refractivity contribution in [1.82, 2.24) is 5.32 Å². The predicted molar refractivity (Wildman–Crippen MR) is 151 cm³/mol. The number of methoxy groups -OCH3 is 1. The zero-order valence-electron chi connectivity index (χ0n) is 22.5. The van der Waals surface area contributed by atoms with Crippen LogP contribution >= 0.6 is 0 Å². The van der Waals surface area contributed by atoms with Crippen molar-refractivity contribution in [2.75, 3.05) is 23.9 Å². The third-order valence-corrected chi connectivity index (χ3v) is 7.30.